The van der Waals surface area contributed by atoms with Gasteiger partial charge in [-0.25, -0.2) is 4.31 Å². The van der Waals surface area contributed by atoms with Crippen molar-refractivity contribution in [1.82, 2.24) is 9.21 Å². The lowest BCUT2D eigenvalue weighted by molar-refractivity contribution is -0.132. The maximum atomic E-state index is 12.3. The summed E-state index contributed by atoms with van der Waals surface area (Å²) in [7, 11) is 0. The molecule has 0 radical (unpaired) electrons. The van der Waals surface area contributed by atoms with Crippen LogP contribution in [0.5, 0.6) is 11.5 Å². The number of phenols is 2. The summed E-state index contributed by atoms with van der Waals surface area (Å²) in [6.07, 6.45) is 1.15. The van der Waals surface area contributed by atoms with Crippen LogP contribution in [0.25, 0.3) is 0 Å². The Balaban J connectivity index is 1.37. The second-order valence-electron chi connectivity index (χ2n) is 8.18. The number of fused-ring (bicyclic) bond motifs is 1. The molecule has 2 aromatic rings. The van der Waals surface area contributed by atoms with Gasteiger partial charge in [-0.1, -0.05) is 6.07 Å². The van der Waals surface area contributed by atoms with Gasteiger partial charge in [-0.2, -0.15) is 0 Å². The molecule has 2 aliphatic rings. The van der Waals surface area contributed by atoms with Crippen molar-refractivity contribution in [3.05, 3.63) is 47.5 Å². The van der Waals surface area contributed by atoms with Crippen LogP contribution in [-0.2, 0) is 22.7 Å². The van der Waals surface area contributed by atoms with Crippen LogP contribution in [0.15, 0.2) is 41.3 Å². The largest absolute Gasteiger partial charge is 0.508 e. The minimum atomic E-state index is -0.444. The van der Waals surface area contributed by atoms with Gasteiger partial charge in [-0.05, 0) is 53.8 Å². The molecule has 170 valence electrons. The third kappa shape index (κ3) is 5.28. The number of carbonyl (C=O) groups excluding carboxylic acids is 2. The highest BCUT2D eigenvalue weighted by molar-refractivity contribution is 7.97. The molecule has 0 atom stereocenters. The minimum absolute atomic E-state index is 0.00949. The van der Waals surface area contributed by atoms with E-state index >= 15 is 0 Å². The van der Waals surface area contributed by atoms with E-state index < -0.39 is 5.91 Å². The molecule has 2 aliphatic heterocycles. The monoisotopic (exact) mass is 456 g/mol. The predicted molar refractivity (Wildman–Crippen MR) is 123 cm³/mol. The van der Waals surface area contributed by atoms with Crippen LogP contribution in [0.3, 0.4) is 0 Å². The number of anilines is 1. The topological polar surface area (TPSA) is 110 Å². The number of aromatic hydroxyl groups is 2. The summed E-state index contributed by atoms with van der Waals surface area (Å²) in [5.41, 5.74) is 8.83. The molecule has 2 heterocycles. The van der Waals surface area contributed by atoms with E-state index in [1.165, 1.54) is 29.1 Å². The molecule has 0 bridgehead atoms. The smallest absolute Gasteiger partial charge is 0.223 e. The van der Waals surface area contributed by atoms with E-state index in [1.807, 2.05) is 4.90 Å². The van der Waals surface area contributed by atoms with E-state index in [1.54, 1.807) is 12.1 Å². The summed E-state index contributed by atoms with van der Waals surface area (Å²) >= 11 is 1.48. The second kappa shape index (κ2) is 9.70. The van der Waals surface area contributed by atoms with Gasteiger partial charge in [0, 0.05) is 63.9 Å². The van der Waals surface area contributed by atoms with Crippen molar-refractivity contribution in [2.75, 3.05) is 31.1 Å². The number of nitrogens with zero attached hydrogens (tertiary/aromatic N) is 3. The van der Waals surface area contributed by atoms with E-state index in [9.17, 15) is 19.8 Å². The number of carbonyl (C=O) groups is 2. The fourth-order valence-electron chi connectivity index (χ4n) is 4.15. The molecule has 9 heteroatoms. The zero-order valence-corrected chi connectivity index (χ0v) is 18.7. The zero-order valence-electron chi connectivity index (χ0n) is 17.9. The van der Waals surface area contributed by atoms with E-state index in [-0.39, 0.29) is 30.2 Å². The van der Waals surface area contributed by atoms with E-state index in [2.05, 4.69) is 27.4 Å². The second-order valence-corrected chi connectivity index (χ2v) is 9.32. The quantitative estimate of drug-likeness (QED) is 0.573. The van der Waals surface area contributed by atoms with Crippen LogP contribution in [-0.4, -0.2) is 57.4 Å². The van der Waals surface area contributed by atoms with Crippen LogP contribution in [0, 0.1) is 0 Å². The summed E-state index contributed by atoms with van der Waals surface area (Å²) < 4.78 is 2.18. The van der Waals surface area contributed by atoms with Gasteiger partial charge in [0.05, 0.1) is 4.90 Å². The summed E-state index contributed by atoms with van der Waals surface area (Å²) in [6, 6.07) is 11.2. The van der Waals surface area contributed by atoms with Crippen molar-refractivity contribution in [3.8, 4) is 11.5 Å². The molecule has 0 aromatic heterocycles. The Labute approximate surface area is 191 Å². The number of hydrogen-bond donors (Lipinski definition) is 3. The van der Waals surface area contributed by atoms with Gasteiger partial charge in [0.25, 0.3) is 0 Å². The van der Waals surface area contributed by atoms with Crippen molar-refractivity contribution in [3.63, 3.8) is 0 Å². The van der Waals surface area contributed by atoms with Crippen molar-refractivity contribution < 1.29 is 19.8 Å². The third-order valence-electron chi connectivity index (χ3n) is 5.85. The Bertz CT molecular complexity index is 1020. The lowest BCUT2D eigenvalue weighted by Crippen LogP contribution is -2.35. The summed E-state index contributed by atoms with van der Waals surface area (Å²) in [6.45, 7) is 4.50. The molecule has 4 N–H and O–H groups in total. The molecule has 0 spiro atoms. The highest BCUT2D eigenvalue weighted by atomic mass is 32.2. The zero-order chi connectivity index (χ0) is 22.7. The summed E-state index contributed by atoms with van der Waals surface area (Å²) in [4.78, 5) is 28.2. The first-order valence-electron chi connectivity index (χ1n) is 10.8. The average Bonchev–Trinajstić information content (AvgIpc) is 2.99. The van der Waals surface area contributed by atoms with Gasteiger partial charge >= 0.3 is 0 Å². The van der Waals surface area contributed by atoms with E-state index in [4.69, 9.17) is 5.73 Å². The molecule has 32 heavy (non-hydrogen) atoms. The Kier molecular flexibility index (Phi) is 6.76. The number of amides is 2. The van der Waals surface area contributed by atoms with Crippen LogP contribution in [0.2, 0.25) is 0 Å². The highest BCUT2D eigenvalue weighted by Gasteiger charge is 2.24. The Morgan fingerprint density at radius 1 is 0.938 bits per heavy atom. The summed E-state index contributed by atoms with van der Waals surface area (Å²) in [5.74, 6) is -0.330. The summed E-state index contributed by atoms with van der Waals surface area (Å²) in [5, 5.41) is 19.5. The Morgan fingerprint density at radius 3 is 2.53 bits per heavy atom. The van der Waals surface area contributed by atoms with Crippen LogP contribution in [0.1, 0.15) is 30.4 Å². The number of phenolic OH excluding ortho intramolecular Hbond substituents is 2. The molecule has 8 nitrogen and oxygen atoms in total. The number of primary amides is 1. The first-order chi connectivity index (χ1) is 15.4. The molecule has 1 saturated heterocycles. The Hall–Kier alpha value is -2.91. The first kappa shape index (κ1) is 22.3. The van der Waals surface area contributed by atoms with Crippen molar-refractivity contribution in [2.45, 2.75) is 37.2 Å². The lowest BCUT2D eigenvalue weighted by Gasteiger charge is -2.24. The molecule has 0 unspecified atom stereocenters. The molecular formula is C23H28N4O4S. The van der Waals surface area contributed by atoms with Gasteiger partial charge in [0.2, 0.25) is 11.8 Å². The van der Waals surface area contributed by atoms with Gasteiger partial charge in [0.15, 0.2) is 0 Å². The minimum Gasteiger partial charge on any atom is -0.508 e. The van der Waals surface area contributed by atoms with E-state index in [0.717, 1.165) is 38.3 Å². The Morgan fingerprint density at radius 2 is 1.75 bits per heavy atom. The third-order valence-corrected chi connectivity index (χ3v) is 6.91. The fraction of sp³-hybridized carbons (Fsp3) is 0.391. The molecule has 1 fully saturated rings. The number of nitrogens with two attached hydrogens (primary N) is 1. The fourth-order valence-corrected chi connectivity index (χ4v) is 5.11. The SMILES string of the molecule is NC(=O)CCC(=O)N1CCCN(c2ccc3c(c2)CN(Sc2ccc(O)cc2O)C3)CC1. The van der Waals surface area contributed by atoms with E-state index in [0.29, 0.717) is 18.0 Å². The van der Waals surface area contributed by atoms with Crippen molar-refractivity contribution >= 4 is 29.4 Å². The van der Waals surface area contributed by atoms with Crippen LogP contribution in [0.4, 0.5) is 5.69 Å². The van der Waals surface area contributed by atoms with Crippen LogP contribution >= 0.6 is 11.9 Å². The molecule has 4 rings (SSSR count). The van der Waals surface area contributed by atoms with Gasteiger partial charge in [0.1, 0.15) is 11.5 Å². The van der Waals surface area contributed by atoms with Crippen molar-refractivity contribution in [2.24, 2.45) is 5.73 Å². The lowest BCUT2D eigenvalue weighted by atomic mass is 10.1. The van der Waals surface area contributed by atoms with Crippen LogP contribution < -0.4 is 10.6 Å². The first-order valence-corrected chi connectivity index (χ1v) is 11.5. The number of benzene rings is 2. The van der Waals surface area contributed by atoms with Crippen molar-refractivity contribution in [1.29, 1.82) is 0 Å². The molecule has 2 amide bonds. The molecular weight excluding hydrogens is 428 g/mol. The van der Waals surface area contributed by atoms with Gasteiger partial charge in [-0.15, -0.1) is 0 Å². The van der Waals surface area contributed by atoms with Gasteiger partial charge < -0.3 is 25.7 Å². The maximum absolute atomic E-state index is 12.3. The number of rotatable bonds is 6. The maximum Gasteiger partial charge on any atom is 0.223 e. The number of hydrogen-bond acceptors (Lipinski definition) is 7. The standard InChI is InChI=1S/C23H28N4O4S/c24-22(30)6-7-23(31)26-9-1-8-25(10-11-26)18-3-2-16-14-27(15-17(16)12-18)32-21-5-4-19(28)13-20(21)29/h2-5,12-13,28-29H,1,6-11,14-15H2,(H2,24,30). The normalized spacial score (nSPS) is 16.6. The molecule has 0 aliphatic carbocycles. The average molecular weight is 457 g/mol. The molecule has 2 aromatic carbocycles. The van der Waals surface area contributed by atoms with Gasteiger partial charge in [-0.3, -0.25) is 9.59 Å². The highest BCUT2D eigenvalue weighted by Crippen LogP contribution is 2.39. The predicted octanol–water partition coefficient (Wildman–Crippen LogP) is 2.42. The molecule has 0 saturated carbocycles.